The second-order valence-corrected chi connectivity index (χ2v) is 5.48. The van der Waals surface area contributed by atoms with Crippen molar-refractivity contribution in [3.05, 3.63) is 65.5 Å². The van der Waals surface area contributed by atoms with Crippen molar-refractivity contribution in [3.63, 3.8) is 0 Å². The average molecular weight is 377 g/mol. The lowest BCUT2D eigenvalue weighted by molar-refractivity contribution is -0.137. The van der Waals surface area contributed by atoms with Gasteiger partial charge in [0.15, 0.2) is 0 Å². The van der Waals surface area contributed by atoms with Crippen LogP contribution in [0.3, 0.4) is 0 Å². The smallest absolute Gasteiger partial charge is 0.416 e. The molecular formula is C18H14F3N3O3. The van der Waals surface area contributed by atoms with E-state index in [1.54, 1.807) is 24.3 Å². The number of benzene rings is 2. The van der Waals surface area contributed by atoms with Crippen molar-refractivity contribution in [1.82, 2.24) is 10.1 Å². The first-order valence-electron chi connectivity index (χ1n) is 7.80. The van der Waals surface area contributed by atoms with Gasteiger partial charge in [0.2, 0.25) is 11.7 Å². The lowest BCUT2D eigenvalue weighted by Gasteiger charge is -2.08. The van der Waals surface area contributed by atoms with E-state index in [-0.39, 0.29) is 18.3 Å². The van der Waals surface area contributed by atoms with Crippen LogP contribution in [0.2, 0.25) is 0 Å². The molecule has 0 aliphatic rings. The summed E-state index contributed by atoms with van der Waals surface area (Å²) in [5.74, 6) is -0.111. The van der Waals surface area contributed by atoms with Crippen LogP contribution < -0.4 is 5.32 Å². The maximum atomic E-state index is 12.6. The van der Waals surface area contributed by atoms with E-state index in [1.165, 1.54) is 19.2 Å². The number of hydrogen-bond donors (Lipinski definition) is 1. The molecule has 27 heavy (non-hydrogen) atoms. The van der Waals surface area contributed by atoms with E-state index in [4.69, 9.17) is 9.26 Å². The molecule has 0 fully saturated rings. The van der Waals surface area contributed by atoms with Gasteiger partial charge >= 0.3 is 12.1 Å². The van der Waals surface area contributed by atoms with Crippen LogP contribution >= 0.6 is 0 Å². The fourth-order valence-electron chi connectivity index (χ4n) is 2.35. The Hall–Kier alpha value is -3.36. The third-order valence-electron chi connectivity index (χ3n) is 3.70. The van der Waals surface area contributed by atoms with Gasteiger partial charge in [-0.05, 0) is 24.3 Å². The molecule has 3 rings (SSSR count). The van der Waals surface area contributed by atoms with Crippen LogP contribution in [0.4, 0.5) is 18.9 Å². The van der Waals surface area contributed by atoms with Crippen LogP contribution in [0, 0.1) is 0 Å². The Bertz CT molecular complexity index is 937. The number of alkyl halides is 3. The predicted molar refractivity (Wildman–Crippen MR) is 89.8 cm³/mol. The molecule has 0 aliphatic carbocycles. The van der Waals surface area contributed by atoms with Crippen LogP contribution in [0.1, 0.15) is 21.8 Å². The third-order valence-corrected chi connectivity index (χ3v) is 3.70. The number of methoxy groups -OCH3 is 1. The molecular weight excluding hydrogens is 363 g/mol. The summed E-state index contributed by atoms with van der Waals surface area (Å²) in [7, 11) is 1.29. The summed E-state index contributed by atoms with van der Waals surface area (Å²) >= 11 is 0. The van der Waals surface area contributed by atoms with E-state index in [2.05, 4.69) is 15.5 Å². The molecule has 2 aromatic carbocycles. The van der Waals surface area contributed by atoms with Gasteiger partial charge < -0.3 is 14.6 Å². The third kappa shape index (κ3) is 4.25. The highest BCUT2D eigenvalue weighted by Crippen LogP contribution is 2.30. The van der Waals surface area contributed by atoms with Gasteiger partial charge in [-0.25, -0.2) is 4.79 Å². The summed E-state index contributed by atoms with van der Waals surface area (Å²) in [5, 5.41) is 6.76. The van der Waals surface area contributed by atoms with Crippen molar-refractivity contribution < 1.29 is 27.2 Å². The second-order valence-electron chi connectivity index (χ2n) is 5.48. The zero-order chi connectivity index (χ0) is 19.4. The Balaban J connectivity index is 1.71. The molecule has 1 aromatic heterocycles. The Morgan fingerprint density at radius 2 is 1.85 bits per heavy atom. The van der Waals surface area contributed by atoms with Crippen LogP contribution in [-0.4, -0.2) is 23.2 Å². The first kappa shape index (κ1) is 18.4. The number of carbonyl (C=O) groups is 1. The number of halogens is 3. The summed E-state index contributed by atoms with van der Waals surface area (Å²) in [6, 6.07) is 11.2. The number of carbonyl (C=O) groups excluding carboxylic acids is 1. The zero-order valence-electron chi connectivity index (χ0n) is 14.1. The highest BCUT2D eigenvalue weighted by Gasteiger charge is 2.30. The number of nitrogens with one attached hydrogen (secondary N) is 1. The highest BCUT2D eigenvalue weighted by molar-refractivity contribution is 5.95. The number of aromatic nitrogens is 2. The standard InChI is InChI=1S/C18H14F3N3O3/c1-26-17(25)13-4-2-3-5-14(13)22-10-15-23-16(24-27-15)11-6-8-12(9-7-11)18(19,20)21/h2-9,22H,10H2,1H3. The fourth-order valence-corrected chi connectivity index (χ4v) is 2.35. The number of anilines is 1. The van der Waals surface area contributed by atoms with E-state index < -0.39 is 17.7 Å². The minimum atomic E-state index is -4.40. The van der Waals surface area contributed by atoms with Crippen molar-refractivity contribution in [2.24, 2.45) is 0 Å². The van der Waals surface area contributed by atoms with Gasteiger partial charge in [0.05, 0.1) is 24.8 Å². The van der Waals surface area contributed by atoms with E-state index in [1.807, 2.05) is 0 Å². The number of rotatable bonds is 5. The molecule has 0 spiro atoms. The molecule has 1 N–H and O–H groups in total. The monoisotopic (exact) mass is 377 g/mol. The molecule has 0 aliphatic heterocycles. The molecule has 140 valence electrons. The average Bonchev–Trinajstić information content (AvgIpc) is 3.14. The van der Waals surface area contributed by atoms with E-state index in [0.717, 1.165) is 12.1 Å². The molecule has 0 saturated carbocycles. The number of hydrogen-bond acceptors (Lipinski definition) is 6. The Morgan fingerprint density at radius 1 is 1.15 bits per heavy atom. The Morgan fingerprint density at radius 3 is 2.52 bits per heavy atom. The summed E-state index contributed by atoms with van der Waals surface area (Å²) in [4.78, 5) is 15.9. The van der Waals surface area contributed by atoms with E-state index >= 15 is 0 Å². The molecule has 0 unspecified atom stereocenters. The van der Waals surface area contributed by atoms with Crippen molar-refractivity contribution in [3.8, 4) is 11.4 Å². The number of para-hydroxylation sites is 1. The van der Waals surface area contributed by atoms with Gasteiger partial charge in [-0.3, -0.25) is 0 Å². The maximum absolute atomic E-state index is 12.6. The van der Waals surface area contributed by atoms with Gasteiger partial charge in [-0.1, -0.05) is 29.4 Å². The largest absolute Gasteiger partial charge is 0.465 e. The summed E-state index contributed by atoms with van der Waals surface area (Å²) < 4.78 is 47.7. The van der Waals surface area contributed by atoms with Crippen LogP contribution in [0.25, 0.3) is 11.4 Å². The van der Waals surface area contributed by atoms with Gasteiger partial charge in [0, 0.05) is 11.3 Å². The summed E-state index contributed by atoms with van der Waals surface area (Å²) in [5.41, 5.74) is 0.519. The lowest BCUT2D eigenvalue weighted by Crippen LogP contribution is -2.08. The molecule has 0 radical (unpaired) electrons. The molecule has 3 aromatic rings. The molecule has 6 nitrogen and oxygen atoms in total. The summed E-state index contributed by atoms with van der Waals surface area (Å²) in [6.07, 6.45) is -4.40. The second kappa shape index (κ2) is 7.48. The fraction of sp³-hybridized carbons (Fsp3) is 0.167. The molecule has 0 bridgehead atoms. The first-order chi connectivity index (χ1) is 12.9. The van der Waals surface area contributed by atoms with Crippen molar-refractivity contribution in [2.45, 2.75) is 12.7 Å². The van der Waals surface area contributed by atoms with Gasteiger partial charge in [-0.2, -0.15) is 18.2 Å². The van der Waals surface area contributed by atoms with Crippen LogP contribution in [-0.2, 0) is 17.5 Å². The predicted octanol–water partition coefficient (Wildman–Crippen LogP) is 4.15. The van der Waals surface area contributed by atoms with Crippen molar-refractivity contribution >= 4 is 11.7 Å². The Labute approximate surface area is 152 Å². The topological polar surface area (TPSA) is 77.2 Å². The molecule has 9 heteroatoms. The minimum absolute atomic E-state index is 0.127. The quantitative estimate of drug-likeness (QED) is 0.673. The Kier molecular flexibility index (Phi) is 5.11. The van der Waals surface area contributed by atoms with Gasteiger partial charge in [-0.15, -0.1) is 0 Å². The van der Waals surface area contributed by atoms with Crippen molar-refractivity contribution in [2.75, 3.05) is 12.4 Å². The minimum Gasteiger partial charge on any atom is -0.465 e. The van der Waals surface area contributed by atoms with E-state index in [0.29, 0.717) is 16.8 Å². The number of ether oxygens (including phenoxy) is 1. The molecule has 0 atom stereocenters. The molecule has 0 amide bonds. The molecule has 1 heterocycles. The van der Waals surface area contributed by atoms with Crippen LogP contribution in [0.5, 0.6) is 0 Å². The van der Waals surface area contributed by atoms with E-state index in [9.17, 15) is 18.0 Å². The molecule has 0 saturated heterocycles. The normalized spacial score (nSPS) is 11.3. The number of nitrogens with zero attached hydrogens (tertiary/aromatic N) is 2. The van der Waals surface area contributed by atoms with Crippen molar-refractivity contribution in [1.29, 1.82) is 0 Å². The lowest BCUT2D eigenvalue weighted by atomic mass is 10.1. The van der Waals surface area contributed by atoms with Gasteiger partial charge in [0.1, 0.15) is 0 Å². The van der Waals surface area contributed by atoms with Crippen LogP contribution in [0.15, 0.2) is 53.1 Å². The SMILES string of the molecule is COC(=O)c1ccccc1NCc1nc(-c2ccc(C(F)(F)F)cc2)no1. The van der Waals surface area contributed by atoms with Gasteiger partial charge in [0.25, 0.3) is 0 Å². The highest BCUT2D eigenvalue weighted by atomic mass is 19.4. The summed E-state index contributed by atoms with van der Waals surface area (Å²) in [6.45, 7) is 0.127. The first-order valence-corrected chi connectivity index (χ1v) is 7.80. The number of esters is 1. The maximum Gasteiger partial charge on any atom is 0.416 e. The zero-order valence-corrected chi connectivity index (χ0v) is 14.1.